The summed E-state index contributed by atoms with van der Waals surface area (Å²) >= 11 is 1.52. The number of nitrogens with one attached hydrogen (secondary N) is 2. The van der Waals surface area contributed by atoms with Gasteiger partial charge in [-0.15, -0.1) is 11.3 Å². The Morgan fingerprint density at radius 2 is 1.96 bits per heavy atom. The number of anilines is 1. The van der Waals surface area contributed by atoms with Crippen molar-refractivity contribution in [2.75, 3.05) is 11.9 Å². The molecule has 0 aliphatic carbocycles. The van der Waals surface area contributed by atoms with Gasteiger partial charge in [-0.2, -0.15) is 0 Å². The smallest absolute Gasteiger partial charge is 0.248 e. The van der Waals surface area contributed by atoms with E-state index in [9.17, 15) is 9.59 Å². The molecular formula is C21H28N4O2S. The molecule has 6 nitrogen and oxygen atoms in total. The summed E-state index contributed by atoms with van der Waals surface area (Å²) in [5.41, 5.74) is 1.83. The number of amides is 2. The first-order valence-corrected chi connectivity index (χ1v) is 10.4. The molecule has 1 atom stereocenters. The molecule has 2 N–H and O–H groups in total. The Balaban J connectivity index is 1.58. The van der Waals surface area contributed by atoms with Gasteiger partial charge in [-0.1, -0.05) is 51.1 Å². The predicted molar refractivity (Wildman–Crippen MR) is 112 cm³/mol. The molecule has 0 radical (unpaired) electrons. The third-order valence-electron chi connectivity index (χ3n) is 4.71. The summed E-state index contributed by atoms with van der Waals surface area (Å²) in [6.45, 7) is 9.87. The van der Waals surface area contributed by atoms with E-state index in [1.165, 1.54) is 21.8 Å². The molecule has 1 unspecified atom stereocenters. The predicted octanol–water partition coefficient (Wildman–Crippen LogP) is 3.19. The Morgan fingerprint density at radius 1 is 1.25 bits per heavy atom. The van der Waals surface area contributed by atoms with Crippen LogP contribution in [0.3, 0.4) is 0 Å². The van der Waals surface area contributed by atoms with Crippen molar-refractivity contribution in [3.8, 4) is 0 Å². The zero-order valence-electron chi connectivity index (χ0n) is 16.9. The summed E-state index contributed by atoms with van der Waals surface area (Å²) in [7, 11) is 0. The first-order chi connectivity index (χ1) is 13.2. The minimum absolute atomic E-state index is 0.148. The van der Waals surface area contributed by atoms with E-state index in [0.29, 0.717) is 5.13 Å². The molecule has 0 fully saturated rings. The van der Waals surface area contributed by atoms with Gasteiger partial charge in [-0.05, 0) is 12.5 Å². The van der Waals surface area contributed by atoms with Crippen LogP contribution in [0.2, 0.25) is 0 Å². The van der Waals surface area contributed by atoms with Crippen molar-refractivity contribution in [2.24, 2.45) is 5.41 Å². The van der Waals surface area contributed by atoms with E-state index in [2.05, 4.69) is 44.8 Å². The van der Waals surface area contributed by atoms with Crippen LogP contribution >= 0.6 is 11.3 Å². The molecule has 1 aliphatic heterocycles. The maximum absolute atomic E-state index is 12.4. The molecule has 1 aromatic heterocycles. The Bertz CT molecular complexity index is 842. The summed E-state index contributed by atoms with van der Waals surface area (Å²) in [6, 6.07) is 9.82. The van der Waals surface area contributed by atoms with Crippen molar-refractivity contribution in [1.29, 1.82) is 0 Å². The third-order valence-corrected chi connectivity index (χ3v) is 5.71. The number of carbonyl (C=O) groups is 2. The highest BCUT2D eigenvalue weighted by Gasteiger charge is 2.26. The number of thiazole rings is 1. The van der Waals surface area contributed by atoms with Crippen LogP contribution < -0.4 is 10.6 Å². The van der Waals surface area contributed by atoms with Crippen LogP contribution in [-0.2, 0) is 29.1 Å². The highest BCUT2D eigenvalue weighted by Crippen LogP contribution is 2.29. The molecule has 1 aliphatic rings. The fourth-order valence-electron chi connectivity index (χ4n) is 2.97. The largest absolute Gasteiger partial charge is 0.344 e. The highest BCUT2D eigenvalue weighted by atomic mass is 32.1. The molecule has 0 bridgehead atoms. The topological polar surface area (TPSA) is 74.3 Å². The van der Waals surface area contributed by atoms with E-state index in [0.717, 1.165) is 31.7 Å². The summed E-state index contributed by atoms with van der Waals surface area (Å²) < 4.78 is 0. The number of aromatic nitrogens is 1. The minimum Gasteiger partial charge on any atom is -0.344 e. The zero-order chi connectivity index (χ0) is 20.3. The number of fused-ring (bicyclic) bond motifs is 1. The number of hydrogen-bond acceptors (Lipinski definition) is 5. The third kappa shape index (κ3) is 5.17. The maximum atomic E-state index is 12.4. The Labute approximate surface area is 170 Å². The Hall–Kier alpha value is -2.25. The normalized spacial score (nSPS) is 15.6. The van der Waals surface area contributed by atoms with Gasteiger partial charge in [0.25, 0.3) is 0 Å². The summed E-state index contributed by atoms with van der Waals surface area (Å²) in [4.78, 5) is 32.7. The molecule has 2 heterocycles. The molecule has 2 amide bonds. The number of nitrogens with zero attached hydrogens (tertiary/aromatic N) is 2. The molecular weight excluding hydrogens is 372 g/mol. The van der Waals surface area contributed by atoms with E-state index < -0.39 is 11.5 Å². The average Bonchev–Trinajstić information content (AvgIpc) is 3.03. The Kier molecular flexibility index (Phi) is 6.15. The highest BCUT2D eigenvalue weighted by molar-refractivity contribution is 7.15. The molecule has 0 spiro atoms. The van der Waals surface area contributed by atoms with Crippen LogP contribution in [0, 0.1) is 5.41 Å². The van der Waals surface area contributed by atoms with Gasteiger partial charge < -0.3 is 10.6 Å². The van der Waals surface area contributed by atoms with Gasteiger partial charge in [0.1, 0.15) is 6.04 Å². The van der Waals surface area contributed by atoms with E-state index in [-0.39, 0.29) is 11.8 Å². The van der Waals surface area contributed by atoms with Crippen LogP contribution in [0.15, 0.2) is 30.3 Å². The maximum Gasteiger partial charge on any atom is 0.248 e. The van der Waals surface area contributed by atoms with Crippen molar-refractivity contribution in [2.45, 2.75) is 53.2 Å². The Morgan fingerprint density at radius 3 is 2.64 bits per heavy atom. The van der Waals surface area contributed by atoms with Crippen LogP contribution in [0.5, 0.6) is 0 Å². The zero-order valence-corrected chi connectivity index (χ0v) is 17.7. The van der Waals surface area contributed by atoms with Gasteiger partial charge in [0.05, 0.1) is 5.69 Å². The monoisotopic (exact) mass is 400 g/mol. The van der Waals surface area contributed by atoms with E-state index in [4.69, 9.17) is 0 Å². The average molecular weight is 401 g/mol. The molecule has 7 heteroatoms. The van der Waals surface area contributed by atoms with Gasteiger partial charge in [-0.25, -0.2) is 4.98 Å². The molecule has 0 saturated heterocycles. The molecule has 28 heavy (non-hydrogen) atoms. The van der Waals surface area contributed by atoms with Crippen LogP contribution in [0.25, 0.3) is 0 Å². The lowest BCUT2D eigenvalue weighted by Crippen LogP contribution is -2.46. The molecule has 0 saturated carbocycles. The van der Waals surface area contributed by atoms with E-state index >= 15 is 0 Å². The minimum atomic E-state index is -0.609. The van der Waals surface area contributed by atoms with Crippen molar-refractivity contribution >= 4 is 28.3 Å². The van der Waals surface area contributed by atoms with Gasteiger partial charge >= 0.3 is 0 Å². The van der Waals surface area contributed by atoms with Crippen LogP contribution in [-0.4, -0.2) is 34.3 Å². The van der Waals surface area contributed by atoms with Gasteiger partial charge in [0.15, 0.2) is 5.13 Å². The van der Waals surface area contributed by atoms with Gasteiger partial charge in [0.2, 0.25) is 11.8 Å². The lowest BCUT2D eigenvalue weighted by molar-refractivity contribution is -0.131. The second-order valence-corrected chi connectivity index (χ2v) is 9.35. The van der Waals surface area contributed by atoms with E-state index in [1.807, 2.05) is 26.8 Å². The number of benzene rings is 1. The van der Waals surface area contributed by atoms with Gasteiger partial charge in [-0.3, -0.25) is 14.5 Å². The number of hydrogen-bond donors (Lipinski definition) is 2. The molecule has 2 aromatic rings. The van der Waals surface area contributed by atoms with Crippen molar-refractivity contribution in [3.63, 3.8) is 0 Å². The fraction of sp³-hybridized carbons (Fsp3) is 0.476. The molecule has 150 valence electrons. The lowest BCUT2D eigenvalue weighted by Gasteiger charge is -2.25. The molecule has 3 rings (SSSR count). The van der Waals surface area contributed by atoms with Crippen molar-refractivity contribution in [3.05, 3.63) is 46.5 Å². The first-order valence-electron chi connectivity index (χ1n) is 9.59. The first kappa shape index (κ1) is 20.5. The second kappa shape index (κ2) is 8.41. The summed E-state index contributed by atoms with van der Waals surface area (Å²) in [6.07, 6.45) is 0.880. The van der Waals surface area contributed by atoms with Crippen molar-refractivity contribution < 1.29 is 9.59 Å². The quantitative estimate of drug-likeness (QED) is 0.808. The number of rotatable bonds is 5. The summed E-state index contributed by atoms with van der Waals surface area (Å²) in [5.74, 6) is -0.394. The van der Waals surface area contributed by atoms with Crippen molar-refractivity contribution in [1.82, 2.24) is 15.2 Å². The number of carbonyl (C=O) groups excluding carboxylic acids is 2. The molecule has 1 aromatic carbocycles. The van der Waals surface area contributed by atoms with Gasteiger partial charge in [0, 0.05) is 36.3 Å². The fourth-order valence-corrected chi connectivity index (χ4v) is 4.02. The van der Waals surface area contributed by atoms with Crippen LogP contribution in [0.1, 0.15) is 43.8 Å². The second-order valence-electron chi connectivity index (χ2n) is 8.27. The lowest BCUT2D eigenvalue weighted by atomic mass is 9.95. The summed E-state index contributed by atoms with van der Waals surface area (Å²) in [5, 5.41) is 6.21. The standard InChI is InChI=1S/C21H28N4O2S/c1-14(22-19(27)21(2,3)4)18(26)24-20-23-16-10-11-25(13-17(16)28-20)12-15-8-6-5-7-9-15/h5-9,14H,10-13H2,1-4H3,(H,22,27)(H,23,24,26). The van der Waals surface area contributed by atoms with E-state index in [1.54, 1.807) is 6.92 Å². The SMILES string of the molecule is CC(NC(=O)C(C)(C)C)C(=O)Nc1nc2c(s1)CN(Cc1ccccc1)CC2. The van der Waals surface area contributed by atoms with Crippen LogP contribution in [0.4, 0.5) is 5.13 Å².